The molecule has 2 saturated heterocycles. The summed E-state index contributed by atoms with van der Waals surface area (Å²) in [5.74, 6) is 1.41. The lowest BCUT2D eigenvalue weighted by Gasteiger charge is -2.48. The third-order valence-electron chi connectivity index (χ3n) is 6.59. The minimum Gasteiger partial charge on any atom is -0.338 e. The summed E-state index contributed by atoms with van der Waals surface area (Å²) in [7, 11) is 0. The van der Waals surface area contributed by atoms with Gasteiger partial charge < -0.3 is 4.52 Å². The molecule has 5 nitrogen and oxygen atoms in total. The molecule has 2 aliphatic heterocycles. The van der Waals surface area contributed by atoms with Crippen LogP contribution >= 0.6 is 0 Å². The van der Waals surface area contributed by atoms with E-state index in [2.05, 4.69) is 50.3 Å². The molecular weight excluding hydrogens is 372 g/mol. The second-order valence-electron chi connectivity index (χ2n) is 8.99. The fourth-order valence-corrected chi connectivity index (χ4v) is 5.28. The van der Waals surface area contributed by atoms with Gasteiger partial charge in [0.1, 0.15) is 0 Å². The Morgan fingerprint density at radius 2 is 1.43 bits per heavy atom. The van der Waals surface area contributed by atoms with Crippen molar-refractivity contribution in [3.63, 3.8) is 0 Å². The molecule has 2 aliphatic rings. The van der Waals surface area contributed by atoms with Gasteiger partial charge >= 0.3 is 0 Å². The molecule has 1 aromatic heterocycles. The van der Waals surface area contributed by atoms with Crippen molar-refractivity contribution < 1.29 is 4.52 Å². The molecule has 3 aromatic rings. The Morgan fingerprint density at radius 3 is 2.13 bits per heavy atom. The summed E-state index contributed by atoms with van der Waals surface area (Å²) in [4.78, 5) is 9.83. The molecule has 5 rings (SSSR count). The Bertz CT molecular complexity index is 938. The van der Waals surface area contributed by atoms with Gasteiger partial charge in [-0.05, 0) is 49.8 Å². The molecule has 2 aromatic carbocycles. The molecule has 0 radical (unpaired) electrons. The van der Waals surface area contributed by atoms with Gasteiger partial charge in [0.15, 0.2) is 0 Å². The van der Waals surface area contributed by atoms with Gasteiger partial charge in [-0.2, -0.15) is 4.98 Å². The molecule has 5 heteroatoms. The molecule has 1 unspecified atom stereocenters. The average Bonchev–Trinajstić information content (AvgIpc) is 3.24. The first-order valence-corrected chi connectivity index (χ1v) is 11.1. The van der Waals surface area contributed by atoms with E-state index in [0.29, 0.717) is 11.2 Å². The quantitative estimate of drug-likeness (QED) is 0.623. The van der Waals surface area contributed by atoms with Crippen molar-refractivity contribution in [1.82, 2.24) is 19.9 Å². The summed E-state index contributed by atoms with van der Waals surface area (Å²) in [6, 6.07) is 20.9. The van der Waals surface area contributed by atoms with Crippen LogP contribution in [0.1, 0.15) is 37.1 Å². The minimum atomic E-state index is 0.396. The summed E-state index contributed by atoms with van der Waals surface area (Å²) in [6.45, 7) is 6.45. The van der Waals surface area contributed by atoms with E-state index in [4.69, 9.17) is 4.52 Å². The first kappa shape index (κ1) is 19.5. The van der Waals surface area contributed by atoms with Gasteiger partial charge in [0.05, 0.1) is 6.54 Å². The molecule has 0 bridgehead atoms. The molecule has 0 aliphatic carbocycles. The van der Waals surface area contributed by atoms with Crippen LogP contribution < -0.4 is 0 Å². The number of nitrogens with zero attached hydrogens (tertiary/aromatic N) is 4. The predicted molar refractivity (Wildman–Crippen MR) is 118 cm³/mol. The van der Waals surface area contributed by atoms with Crippen LogP contribution in [-0.2, 0) is 13.1 Å². The summed E-state index contributed by atoms with van der Waals surface area (Å²) < 4.78 is 5.58. The Morgan fingerprint density at radius 1 is 0.800 bits per heavy atom. The molecule has 1 atom stereocenters. The molecule has 2 fully saturated rings. The van der Waals surface area contributed by atoms with Crippen LogP contribution in [0.4, 0.5) is 0 Å². The zero-order valence-electron chi connectivity index (χ0n) is 17.5. The highest BCUT2D eigenvalue weighted by Gasteiger charge is 2.39. The maximum absolute atomic E-state index is 5.58. The van der Waals surface area contributed by atoms with E-state index in [-0.39, 0.29) is 0 Å². The summed E-state index contributed by atoms with van der Waals surface area (Å²) in [5.41, 5.74) is 2.82. The third-order valence-corrected chi connectivity index (χ3v) is 6.59. The molecule has 0 amide bonds. The standard InChI is InChI=1S/C25H30N4O/c1-3-9-21(10-4-1)17-28-15-7-13-25(19-28)14-8-16-29(20-25)18-23-26-24(27-30-23)22-11-5-2-6-12-22/h1-6,9-12H,7-8,13-20H2. The van der Waals surface area contributed by atoms with Crippen molar-refractivity contribution in [2.45, 2.75) is 38.8 Å². The normalized spacial score (nSPS) is 23.1. The molecule has 3 heterocycles. The zero-order valence-corrected chi connectivity index (χ0v) is 17.5. The van der Waals surface area contributed by atoms with Crippen LogP contribution in [-0.4, -0.2) is 46.1 Å². The number of likely N-dealkylation sites (tertiary alicyclic amines) is 2. The first-order valence-electron chi connectivity index (χ1n) is 11.1. The van der Waals surface area contributed by atoms with Crippen LogP contribution in [0.3, 0.4) is 0 Å². The van der Waals surface area contributed by atoms with Crippen LogP contribution in [0.5, 0.6) is 0 Å². The number of hydrogen-bond acceptors (Lipinski definition) is 5. The van der Waals surface area contributed by atoms with Crippen LogP contribution in [0.15, 0.2) is 65.2 Å². The second kappa shape index (κ2) is 8.70. The van der Waals surface area contributed by atoms with E-state index < -0.39 is 0 Å². The SMILES string of the molecule is c1ccc(CN2CCCC3(CCCN(Cc4nc(-c5ccccc5)no4)C3)C2)cc1. The van der Waals surface area contributed by atoms with E-state index in [9.17, 15) is 0 Å². The molecule has 1 spiro atoms. The van der Waals surface area contributed by atoms with Gasteiger partial charge in [-0.1, -0.05) is 65.8 Å². The highest BCUT2D eigenvalue weighted by atomic mass is 16.5. The van der Waals surface area contributed by atoms with Crippen molar-refractivity contribution in [2.24, 2.45) is 5.41 Å². The van der Waals surface area contributed by atoms with Crippen LogP contribution in [0, 0.1) is 5.41 Å². The van der Waals surface area contributed by atoms with Crippen LogP contribution in [0.2, 0.25) is 0 Å². The first-order chi connectivity index (χ1) is 14.8. The van der Waals surface area contributed by atoms with Gasteiger partial charge in [-0.15, -0.1) is 0 Å². The topological polar surface area (TPSA) is 45.4 Å². The Hall–Kier alpha value is -2.50. The van der Waals surface area contributed by atoms with E-state index >= 15 is 0 Å². The molecule has 0 saturated carbocycles. The summed E-state index contributed by atoms with van der Waals surface area (Å²) >= 11 is 0. The van der Waals surface area contributed by atoms with Crippen LogP contribution in [0.25, 0.3) is 11.4 Å². The van der Waals surface area contributed by atoms with Gasteiger partial charge in [-0.3, -0.25) is 9.80 Å². The number of aromatic nitrogens is 2. The maximum atomic E-state index is 5.58. The largest absolute Gasteiger partial charge is 0.338 e. The second-order valence-corrected chi connectivity index (χ2v) is 8.99. The van der Waals surface area contributed by atoms with Crippen molar-refractivity contribution in [1.29, 1.82) is 0 Å². The van der Waals surface area contributed by atoms with Gasteiger partial charge in [0.2, 0.25) is 11.7 Å². The van der Waals surface area contributed by atoms with Crippen molar-refractivity contribution >= 4 is 0 Å². The summed E-state index contributed by atoms with van der Waals surface area (Å²) in [5, 5.41) is 4.19. The monoisotopic (exact) mass is 402 g/mol. The smallest absolute Gasteiger partial charge is 0.241 e. The number of benzene rings is 2. The van der Waals surface area contributed by atoms with Crippen molar-refractivity contribution in [3.8, 4) is 11.4 Å². The van der Waals surface area contributed by atoms with Gasteiger partial charge in [0, 0.05) is 25.2 Å². The highest BCUT2D eigenvalue weighted by molar-refractivity contribution is 5.53. The number of hydrogen-bond donors (Lipinski definition) is 0. The number of piperidine rings is 2. The van der Waals surface area contributed by atoms with E-state index in [1.165, 1.54) is 44.3 Å². The fourth-order valence-electron chi connectivity index (χ4n) is 5.28. The maximum Gasteiger partial charge on any atom is 0.241 e. The Kier molecular flexibility index (Phi) is 5.65. The van der Waals surface area contributed by atoms with Gasteiger partial charge in [-0.25, -0.2) is 0 Å². The zero-order chi connectivity index (χ0) is 20.2. The van der Waals surface area contributed by atoms with E-state index in [0.717, 1.165) is 37.6 Å². The van der Waals surface area contributed by atoms with Gasteiger partial charge in [0.25, 0.3) is 0 Å². The third kappa shape index (κ3) is 4.47. The molecule has 30 heavy (non-hydrogen) atoms. The molecular formula is C25H30N4O. The summed E-state index contributed by atoms with van der Waals surface area (Å²) in [6.07, 6.45) is 5.19. The minimum absolute atomic E-state index is 0.396. The van der Waals surface area contributed by atoms with E-state index in [1.807, 2.05) is 30.3 Å². The Balaban J connectivity index is 1.23. The fraction of sp³-hybridized carbons (Fsp3) is 0.440. The molecule has 156 valence electrons. The van der Waals surface area contributed by atoms with Crippen molar-refractivity contribution in [2.75, 3.05) is 26.2 Å². The number of rotatable bonds is 5. The van der Waals surface area contributed by atoms with E-state index in [1.54, 1.807) is 0 Å². The molecule has 0 N–H and O–H groups in total. The van der Waals surface area contributed by atoms with Crippen molar-refractivity contribution in [3.05, 3.63) is 72.1 Å². The predicted octanol–water partition coefficient (Wildman–Crippen LogP) is 4.61. The lowest BCUT2D eigenvalue weighted by atomic mass is 9.73. The Labute approximate surface area is 178 Å². The lowest BCUT2D eigenvalue weighted by Crippen LogP contribution is -2.51. The lowest BCUT2D eigenvalue weighted by molar-refractivity contribution is 0.00462. The average molecular weight is 403 g/mol. The highest BCUT2D eigenvalue weighted by Crippen LogP contribution is 2.39.